The van der Waals surface area contributed by atoms with Gasteiger partial charge in [-0.1, -0.05) is 17.7 Å². The van der Waals surface area contributed by atoms with Crippen LogP contribution in [0.4, 0.5) is 11.4 Å². The van der Waals surface area contributed by atoms with Crippen LogP contribution in [0, 0.1) is 0 Å². The van der Waals surface area contributed by atoms with Crippen molar-refractivity contribution in [3.05, 3.63) is 69.9 Å². The number of halogens is 1. The van der Waals surface area contributed by atoms with E-state index < -0.39 is 15.9 Å². The van der Waals surface area contributed by atoms with Gasteiger partial charge in [-0.25, -0.2) is 8.42 Å². The van der Waals surface area contributed by atoms with E-state index in [0.29, 0.717) is 16.5 Å². The second-order valence-corrected chi connectivity index (χ2v) is 8.44. The summed E-state index contributed by atoms with van der Waals surface area (Å²) in [4.78, 5) is 12.8. The maximum atomic E-state index is 12.6. The first-order valence-corrected chi connectivity index (χ1v) is 10.4. The SMILES string of the molecule is COc1ccc(S(=O)(=O)Nc2ccsc2C(=O)Nc2cccc(Cl)c2)cc1. The van der Waals surface area contributed by atoms with Crippen molar-refractivity contribution in [2.45, 2.75) is 4.90 Å². The summed E-state index contributed by atoms with van der Waals surface area (Å²) in [5, 5.41) is 4.83. The molecule has 3 aromatic rings. The summed E-state index contributed by atoms with van der Waals surface area (Å²) in [5.41, 5.74) is 0.722. The van der Waals surface area contributed by atoms with Crippen molar-refractivity contribution in [1.29, 1.82) is 0 Å². The highest BCUT2D eigenvalue weighted by molar-refractivity contribution is 7.92. The van der Waals surface area contributed by atoms with Gasteiger partial charge >= 0.3 is 0 Å². The van der Waals surface area contributed by atoms with Gasteiger partial charge in [-0.15, -0.1) is 11.3 Å². The second-order valence-electron chi connectivity index (χ2n) is 5.41. The zero-order valence-electron chi connectivity index (χ0n) is 14.1. The number of rotatable bonds is 6. The third kappa shape index (κ3) is 4.60. The van der Waals surface area contributed by atoms with Crippen LogP contribution in [0.3, 0.4) is 0 Å². The molecule has 1 aromatic heterocycles. The van der Waals surface area contributed by atoms with Gasteiger partial charge in [0.25, 0.3) is 15.9 Å². The number of methoxy groups -OCH3 is 1. The zero-order chi connectivity index (χ0) is 19.4. The van der Waals surface area contributed by atoms with Crippen molar-refractivity contribution in [3.8, 4) is 5.75 Å². The van der Waals surface area contributed by atoms with E-state index in [9.17, 15) is 13.2 Å². The van der Waals surface area contributed by atoms with Crippen LogP contribution in [0.25, 0.3) is 0 Å². The number of anilines is 2. The van der Waals surface area contributed by atoms with Crippen molar-refractivity contribution in [2.24, 2.45) is 0 Å². The van der Waals surface area contributed by atoms with Gasteiger partial charge in [-0.05, 0) is 53.9 Å². The Labute approximate surface area is 165 Å². The first-order chi connectivity index (χ1) is 12.9. The molecule has 1 heterocycles. The number of hydrogen-bond acceptors (Lipinski definition) is 5. The number of benzene rings is 2. The summed E-state index contributed by atoms with van der Waals surface area (Å²) in [6.07, 6.45) is 0. The topological polar surface area (TPSA) is 84.5 Å². The van der Waals surface area contributed by atoms with Crippen LogP contribution in [0.1, 0.15) is 9.67 Å². The number of nitrogens with one attached hydrogen (secondary N) is 2. The summed E-state index contributed by atoms with van der Waals surface area (Å²) < 4.78 is 32.6. The molecule has 140 valence electrons. The molecule has 0 aliphatic rings. The highest BCUT2D eigenvalue weighted by Crippen LogP contribution is 2.27. The average molecular weight is 423 g/mol. The van der Waals surface area contributed by atoms with Crippen molar-refractivity contribution in [3.63, 3.8) is 0 Å². The summed E-state index contributed by atoms with van der Waals surface area (Å²) in [7, 11) is -2.35. The Morgan fingerprint density at radius 2 is 1.85 bits per heavy atom. The van der Waals surface area contributed by atoms with Gasteiger partial charge in [-0.3, -0.25) is 9.52 Å². The van der Waals surface area contributed by atoms with E-state index in [1.807, 2.05) is 0 Å². The molecule has 0 bridgehead atoms. The van der Waals surface area contributed by atoms with Crippen molar-refractivity contribution in [2.75, 3.05) is 17.1 Å². The Bertz CT molecular complexity index is 1060. The number of thiophene rings is 1. The highest BCUT2D eigenvalue weighted by atomic mass is 35.5. The van der Waals surface area contributed by atoms with E-state index in [2.05, 4.69) is 10.0 Å². The molecular formula is C18H15ClN2O4S2. The number of hydrogen-bond donors (Lipinski definition) is 2. The lowest BCUT2D eigenvalue weighted by Crippen LogP contribution is -2.17. The molecule has 0 radical (unpaired) electrons. The predicted molar refractivity (Wildman–Crippen MR) is 108 cm³/mol. The molecule has 3 rings (SSSR count). The summed E-state index contributed by atoms with van der Waals surface area (Å²) in [6.45, 7) is 0. The van der Waals surface area contributed by atoms with Crippen molar-refractivity contribution >= 4 is 50.2 Å². The van der Waals surface area contributed by atoms with Crippen molar-refractivity contribution < 1.29 is 17.9 Å². The third-order valence-corrected chi connectivity index (χ3v) is 6.10. The number of amides is 1. The predicted octanol–water partition coefficient (Wildman–Crippen LogP) is 4.46. The van der Waals surface area contributed by atoms with E-state index in [-0.39, 0.29) is 15.5 Å². The Morgan fingerprint density at radius 1 is 1.11 bits per heavy atom. The van der Waals surface area contributed by atoms with Gasteiger partial charge in [0.1, 0.15) is 10.6 Å². The molecule has 9 heteroatoms. The molecule has 6 nitrogen and oxygen atoms in total. The Hall–Kier alpha value is -2.55. The molecule has 1 amide bonds. The Kier molecular flexibility index (Phi) is 5.69. The van der Waals surface area contributed by atoms with Gasteiger partial charge in [0.05, 0.1) is 17.7 Å². The molecule has 2 aromatic carbocycles. The van der Waals surface area contributed by atoms with E-state index in [1.54, 1.807) is 47.8 Å². The van der Waals surface area contributed by atoms with Gasteiger partial charge in [0.2, 0.25) is 0 Å². The van der Waals surface area contributed by atoms with Crippen LogP contribution in [0.5, 0.6) is 5.75 Å². The highest BCUT2D eigenvalue weighted by Gasteiger charge is 2.20. The first-order valence-electron chi connectivity index (χ1n) is 7.70. The van der Waals surface area contributed by atoms with Crippen LogP contribution in [-0.4, -0.2) is 21.4 Å². The number of sulfonamides is 1. The second kappa shape index (κ2) is 7.99. The normalized spacial score (nSPS) is 11.0. The molecular weight excluding hydrogens is 408 g/mol. The summed E-state index contributed by atoms with van der Waals surface area (Å²) in [5.74, 6) is 0.116. The van der Waals surface area contributed by atoms with Crippen molar-refractivity contribution in [1.82, 2.24) is 0 Å². The fourth-order valence-corrected chi connectivity index (χ4v) is 4.35. The van der Waals surface area contributed by atoms with E-state index >= 15 is 0 Å². The lowest BCUT2D eigenvalue weighted by atomic mass is 10.3. The lowest BCUT2D eigenvalue weighted by molar-refractivity contribution is 0.103. The summed E-state index contributed by atoms with van der Waals surface area (Å²) in [6, 6.07) is 14.2. The minimum absolute atomic E-state index is 0.0655. The molecule has 0 aliphatic heterocycles. The fraction of sp³-hybridized carbons (Fsp3) is 0.0556. The van der Waals surface area contributed by atoms with Gasteiger partial charge in [0.15, 0.2) is 0 Å². The van der Waals surface area contributed by atoms with Gasteiger partial charge < -0.3 is 10.1 Å². The monoisotopic (exact) mass is 422 g/mol. The largest absolute Gasteiger partial charge is 0.497 e. The Morgan fingerprint density at radius 3 is 2.52 bits per heavy atom. The summed E-state index contributed by atoms with van der Waals surface area (Å²) >= 11 is 7.04. The van der Waals surface area contributed by atoms with E-state index in [0.717, 1.165) is 11.3 Å². The number of carbonyl (C=O) groups is 1. The first kappa shape index (κ1) is 19.2. The maximum absolute atomic E-state index is 12.6. The molecule has 0 aliphatic carbocycles. The standard InChI is InChI=1S/C18H15ClN2O4S2/c1-25-14-5-7-15(8-6-14)27(23,24)21-16-9-10-26-17(16)18(22)20-13-4-2-3-12(19)11-13/h2-11,21H,1H3,(H,20,22). The molecule has 0 atom stereocenters. The fourth-order valence-electron chi connectivity index (χ4n) is 2.28. The maximum Gasteiger partial charge on any atom is 0.267 e. The smallest absolute Gasteiger partial charge is 0.267 e. The zero-order valence-corrected chi connectivity index (χ0v) is 16.5. The molecule has 0 unspecified atom stereocenters. The molecule has 0 saturated carbocycles. The van der Waals surface area contributed by atoms with Crippen LogP contribution in [0.15, 0.2) is 64.9 Å². The molecule has 0 fully saturated rings. The van der Waals surface area contributed by atoms with Gasteiger partial charge in [0, 0.05) is 10.7 Å². The van der Waals surface area contributed by atoms with Gasteiger partial charge in [-0.2, -0.15) is 0 Å². The van der Waals surface area contributed by atoms with Crippen LogP contribution < -0.4 is 14.8 Å². The molecule has 2 N–H and O–H groups in total. The lowest BCUT2D eigenvalue weighted by Gasteiger charge is -2.10. The number of carbonyl (C=O) groups excluding carboxylic acids is 1. The number of ether oxygens (including phenoxy) is 1. The van der Waals surface area contributed by atoms with Crippen LogP contribution in [0.2, 0.25) is 5.02 Å². The minimum atomic E-state index is -3.84. The third-order valence-electron chi connectivity index (χ3n) is 3.57. The Balaban J connectivity index is 1.80. The molecule has 0 saturated heterocycles. The van der Waals surface area contributed by atoms with Crippen LogP contribution >= 0.6 is 22.9 Å². The van der Waals surface area contributed by atoms with Crippen LogP contribution in [-0.2, 0) is 10.0 Å². The average Bonchev–Trinajstić information content (AvgIpc) is 3.09. The quantitative estimate of drug-likeness (QED) is 0.614. The molecule has 0 spiro atoms. The van der Waals surface area contributed by atoms with E-state index in [4.69, 9.17) is 16.3 Å². The minimum Gasteiger partial charge on any atom is -0.497 e. The van der Waals surface area contributed by atoms with E-state index in [1.165, 1.54) is 19.2 Å². The molecule has 27 heavy (non-hydrogen) atoms.